The number of nitrogens with one attached hydrogen (secondary N) is 2. The maximum atomic E-state index is 12.6. The predicted octanol–water partition coefficient (Wildman–Crippen LogP) is 1.15. The van der Waals surface area contributed by atoms with Gasteiger partial charge in [0.1, 0.15) is 0 Å². The number of para-hydroxylation sites is 1. The van der Waals surface area contributed by atoms with Crippen molar-refractivity contribution in [3.05, 3.63) is 29.3 Å². The maximum Gasteiger partial charge on any atom is 0.418 e. The molecule has 0 aliphatic rings. The van der Waals surface area contributed by atoms with Crippen LogP contribution in [0, 0.1) is 0 Å². The molecular formula is C12H14F3N3O2. The Hall–Kier alpha value is -2.25. The highest BCUT2D eigenvalue weighted by atomic mass is 19.4. The number of nitrogen functional groups attached to an aromatic ring is 1. The number of amides is 2. The Morgan fingerprint density at radius 2 is 1.80 bits per heavy atom. The molecule has 0 saturated carbocycles. The molecular weight excluding hydrogens is 275 g/mol. The summed E-state index contributed by atoms with van der Waals surface area (Å²) in [4.78, 5) is 22.3. The van der Waals surface area contributed by atoms with Crippen LogP contribution in [0.15, 0.2) is 18.2 Å². The zero-order chi connectivity index (χ0) is 15.3. The Kier molecular flexibility index (Phi) is 4.95. The summed E-state index contributed by atoms with van der Waals surface area (Å²) in [6, 6.07) is 3.13. The predicted molar refractivity (Wildman–Crippen MR) is 66.9 cm³/mol. The first kappa shape index (κ1) is 15.8. The summed E-state index contributed by atoms with van der Waals surface area (Å²) in [5, 5.41) is 4.81. The summed E-state index contributed by atoms with van der Waals surface area (Å²) in [6.07, 6.45) is -4.61. The first-order chi connectivity index (χ1) is 9.23. The van der Waals surface area contributed by atoms with Gasteiger partial charge in [-0.2, -0.15) is 13.2 Å². The highest BCUT2D eigenvalue weighted by molar-refractivity contribution is 5.99. The van der Waals surface area contributed by atoms with E-state index in [1.807, 2.05) is 0 Å². The zero-order valence-corrected chi connectivity index (χ0v) is 10.7. The van der Waals surface area contributed by atoms with E-state index in [9.17, 15) is 22.8 Å². The lowest BCUT2D eigenvalue weighted by Crippen LogP contribution is -2.34. The second kappa shape index (κ2) is 6.27. The van der Waals surface area contributed by atoms with Gasteiger partial charge in [-0.05, 0) is 12.1 Å². The fraction of sp³-hybridized carbons (Fsp3) is 0.333. The largest absolute Gasteiger partial charge is 0.418 e. The fourth-order valence-corrected chi connectivity index (χ4v) is 1.52. The van der Waals surface area contributed by atoms with Gasteiger partial charge in [0, 0.05) is 20.0 Å². The molecule has 8 heteroatoms. The molecule has 0 fully saturated rings. The molecule has 20 heavy (non-hydrogen) atoms. The van der Waals surface area contributed by atoms with E-state index < -0.39 is 23.3 Å². The van der Waals surface area contributed by atoms with Gasteiger partial charge < -0.3 is 16.4 Å². The molecule has 0 aliphatic carbocycles. The van der Waals surface area contributed by atoms with Gasteiger partial charge in [-0.3, -0.25) is 9.59 Å². The average molecular weight is 289 g/mol. The standard InChI is InChI=1S/C12H14F3N3O2/c1-7(19)17-5-6-18-11(20)8-3-2-4-9(10(8)16)12(13,14)15/h2-4H,5-6,16H2,1H3,(H,17,19)(H,18,20). The van der Waals surface area contributed by atoms with E-state index >= 15 is 0 Å². The molecule has 0 saturated heterocycles. The summed E-state index contributed by atoms with van der Waals surface area (Å²) < 4.78 is 37.9. The second-order valence-corrected chi connectivity index (χ2v) is 4.00. The summed E-state index contributed by atoms with van der Waals surface area (Å²) in [7, 11) is 0. The smallest absolute Gasteiger partial charge is 0.398 e. The molecule has 110 valence electrons. The second-order valence-electron chi connectivity index (χ2n) is 4.00. The van der Waals surface area contributed by atoms with E-state index in [2.05, 4.69) is 10.6 Å². The first-order valence-electron chi connectivity index (χ1n) is 5.71. The highest BCUT2D eigenvalue weighted by Gasteiger charge is 2.34. The van der Waals surface area contributed by atoms with Crippen molar-refractivity contribution in [1.82, 2.24) is 10.6 Å². The van der Waals surface area contributed by atoms with Crippen LogP contribution in [0.4, 0.5) is 18.9 Å². The molecule has 0 spiro atoms. The molecule has 1 rings (SSSR count). The van der Waals surface area contributed by atoms with Crippen molar-refractivity contribution >= 4 is 17.5 Å². The molecule has 0 atom stereocenters. The molecule has 0 unspecified atom stereocenters. The molecule has 2 amide bonds. The van der Waals surface area contributed by atoms with E-state index in [1.165, 1.54) is 13.0 Å². The van der Waals surface area contributed by atoms with Gasteiger partial charge in [0.05, 0.1) is 16.8 Å². The van der Waals surface area contributed by atoms with Crippen LogP contribution in [0.5, 0.6) is 0 Å². The van der Waals surface area contributed by atoms with Gasteiger partial charge in [-0.25, -0.2) is 0 Å². The monoisotopic (exact) mass is 289 g/mol. The number of hydrogen-bond acceptors (Lipinski definition) is 3. The van der Waals surface area contributed by atoms with Gasteiger partial charge >= 0.3 is 6.18 Å². The Balaban J connectivity index is 2.76. The quantitative estimate of drug-likeness (QED) is 0.574. The van der Waals surface area contributed by atoms with Gasteiger partial charge in [0.2, 0.25) is 5.91 Å². The number of hydrogen-bond donors (Lipinski definition) is 3. The zero-order valence-electron chi connectivity index (χ0n) is 10.7. The topological polar surface area (TPSA) is 84.2 Å². The molecule has 0 bridgehead atoms. The lowest BCUT2D eigenvalue weighted by molar-refractivity contribution is -0.136. The molecule has 0 aliphatic heterocycles. The van der Waals surface area contributed by atoms with Crippen LogP contribution in [0.2, 0.25) is 0 Å². The number of nitrogens with two attached hydrogens (primary N) is 1. The van der Waals surface area contributed by atoms with Crippen molar-refractivity contribution in [2.24, 2.45) is 0 Å². The van der Waals surface area contributed by atoms with E-state index in [0.717, 1.165) is 12.1 Å². The third-order valence-corrected chi connectivity index (χ3v) is 2.44. The van der Waals surface area contributed by atoms with E-state index in [4.69, 9.17) is 5.73 Å². The Labute approximate surface area is 113 Å². The van der Waals surface area contributed by atoms with Crippen molar-refractivity contribution in [3.63, 3.8) is 0 Å². The minimum atomic E-state index is -4.61. The van der Waals surface area contributed by atoms with Gasteiger partial charge in [0.25, 0.3) is 5.91 Å². The minimum Gasteiger partial charge on any atom is -0.398 e. The van der Waals surface area contributed by atoms with Crippen LogP contribution in [-0.4, -0.2) is 24.9 Å². The molecule has 0 aromatic heterocycles. The van der Waals surface area contributed by atoms with Crippen LogP contribution < -0.4 is 16.4 Å². The number of rotatable bonds is 4. The maximum absolute atomic E-state index is 12.6. The van der Waals surface area contributed by atoms with Crippen LogP contribution in [0.1, 0.15) is 22.8 Å². The Bertz CT molecular complexity index is 515. The van der Waals surface area contributed by atoms with Gasteiger partial charge in [-0.1, -0.05) is 6.07 Å². The van der Waals surface area contributed by atoms with Crippen molar-refractivity contribution in [1.29, 1.82) is 0 Å². The first-order valence-corrected chi connectivity index (χ1v) is 5.71. The lowest BCUT2D eigenvalue weighted by Gasteiger charge is -2.13. The molecule has 0 heterocycles. The third kappa shape index (κ3) is 4.15. The van der Waals surface area contributed by atoms with Crippen LogP contribution in [0.3, 0.4) is 0 Å². The minimum absolute atomic E-state index is 0.0914. The number of halogens is 3. The number of carbonyl (C=O) groups excluding carboxylic acids is 2. The Morgan fingerprint density at radius 3 is 2.35 bits per heavy atom. The van der Waals surface area contributed by atoms with E-state index in [0.29, 0.717) is 0 Å². The summed E-state index contributed by atoms with van der Waals surface area (Å²) in [5.41, 5.74) is 3.46. The molecule has 1 aromatic carbocycles. The van der Waals surface area contributed by atoms with E-state index in [1.54, 1.807) is 0 Å². The van der Waals surface area contributed by atoms with Crippen LogP contribution >= 0.6 is 0 Å². The SMILES string of the molecule is CC(=O)NCCNC(=O)c1cccc(C(F)(F)F)c1N. The normalized spacial score (nSPS) is 11.0. The summed E-state index contributed by atoms with van der Waals surface area (Å²) >= 11 is 0. The van der Waals surface area contributed by atoms with E-state index in [-0.39, 0.29) is 24.6 Å². The van der Waals surface area contributed by atoms with Gasteiger partial charge in [-0.15, -0.1) is 0 Å². The van der Waals surface area contributed by atoms with Crippen LogP contribution in [0.25, 0.3) is 0 Å². The van der Waals surface area contributed by atoms with Crippen molar-refractivity contribution in [3.8, 4) is 0 Å². The summed E-state index contributed by atoms with van der Waals surface area (Å²) in [6.45, 7) is 1.58. The molecule has 1 aromatic rings. The molecule has 4 N–H and O–H groups in total. The van der Waals surface area contributed by atoms with Crippen molar-refractivity contribution < 1.29 is 22.8 Å². The number of benzene rings is 1. The number of anilines is 1. The summed E-state index contributed by atoms with van der Waals surface area (Å²) in [5.74, 6) is -0.989. The van der Waals surface area contributed by atoms with Crippen molar-refractivity contribution in [2.45, 2.75) is 13.1 Å². The fourth-order valence-electron chi connectivity index (χ4n) is 1.52. The average Bonchev–Trinajstić information content (AvgIpc) is 2.33. The third-order valence-electron chi connectivity index (χ3n) is 2.44. The lowest BCUT2D eigenvalue weighted by atomic mass is 10.1. The highest BCUT2D eigenvalue weighted by Crippen LogP contribution is 2.34. The van der Waals surface area contributed by atoms with Gasteiger partial charge in [0.15, 0.2) is 0 Å². The Morgan fingerprint density at radius 1 is 1.20 bits per heavy atom. The van der Waals surface area contributed by atoms with Crippen LogP contribution in [-0.2, 0) is 11.0 Å². The van der Waals surface area contributed by atoms with Crippen molar-refractivity contribution in [2.75, 3.05) is 18.8 Å². The number of alkyl halides is 3. The molecule has 0 radical (unpaired) electrons. The number of carbonyl (C=O) groups is 2. The molecule has 5 nitrogen and oxygen atoms in total.